The van der Waals surface area contributed by atoms with Gasteiger partial charge in [-0.05, 0) is 54.9 Å². The van der Waals surface area contributed by atoms with Crippen molar-refractivity contribution in [3.05, 3.63) is 34.6 Å². The van der Waals surface area contributed by atoms with E-state index in [1.807, 2.05) is 36.7 Å². The van der Waals surface area contributed by atoms with E-state index in [1.165, 1.54) is 5.56 Å². The quantitative estimate of drug-likeness (QED) is 0.880. The van der Waals surface area contributed by atoms with E-state index in [2.05, 4.69) is 29.4 Å². The van der Waals surface area contributed by atoms with E-state index in [9.17, 15) is 0 Å². The van der Waals surface area contributed by atoms with E-state index < -0.39 is 0 Å². The van der Waals surface area contributed by atoms with Crippen LogP contribution in [0.2, 0.25) is 5.02 Å². The molecule has 0 unspecified atom stereocenters. The van der Waals surface area contributed by atoms with Crippen molar-refractivity contribution in [2.75, 3.05) is 6.54 Å². The molecule has 1 N–H and O–H groups in total. The highest BCUT2D eigenvalue weighted by molar-refractivity contribution is 7.99. The summed E-state index contributed by atoms with van der Waals surface area (Å²) < 4.78 is 1.99. The third-order valence-corrected chi connectivity index (χ3v) is 4.54. The van der Waals surface area contributed by atoms with Gasteiger partial charge in [-0.1, -0.05) is 25.4 Å². The number of rotatable bonds is 6. The molecule has 1 aromatic carbocycles. The summed E-state index contributed by atoms with van der Waals surface area (Å²) in [5, 5.41) is 13.4. The number of nitrogens with one attached hydrogen (secondary N) is 1. The van der Waals surface area contributed by atoms with E-state index >= 15 is 0 Å². The molecule has 6 heteroatoms. The van der Waals surface area contributed by atoms with Crippen LogP contribution in [0, 0.1) is 12.8 Å². The van der Waals surface area contributed by atoms with Gasteiger partial charge >= 0.3 is 0 Å². The zero-order valence-corrected chi connectivity index (χ0v) is 14.4. The lowest BCUT2D eigenvalue weighted by Gasteiger charge is -2.12. The van der Waals surface area contributed by atoms with E-state index in [4.69, 9.17) is 11.6 Å². The van der Waals surface area contributed by atoms with Crippen molar-refractivity contribution < 1.29 is 0 Å². The van der Waals surface area contributed by atoms with Gasteiger partial charge in [-0.2, -0.15) is 0 Å². The zero-order valence-electron chi connectivity index (χ0n) is 12.9. The lowest BCUT2D eigenvalue weighted by molar-refractivity contribution is 0.550. The van der Waals surface area contributed by atoms with Crippen molar-refractivity contribution >= 4 is 23.4 Å². The minimum absolute atomic E-state index is 0.627. The first-order valence-electron chi connectivity index (χ1n) is 7.00. The molecule has 0 amide bonds. The SMILES string of the molecule is Cc1nnc(Sc2ccc(Cl)cc2CNCC(C)C)n1C. The Morgan fingerprint density at radius 1 is 1.33 bits per heavy atom. The predicted molar refractivity (Wildman–Crippen MR) is 87.9 cm³/mol. The maximum Gasteiger partial charge on any atom is 0.195 e. The maximum atomic E-state index is 6.13. The van der Waals surface area contributed by atoms with Crippen molar-refractivity contribution in [2.24, 2.45) is 13.0 Å². The molecule has 21 heavy (non-hydrogen) atoms. The summed E-state index contributed by atoms with van der Waals surface area (Å²) in [6.45, 7) is 8.13. The molecule has 0 aliphatic rings. The summed E-state index contributed by atoms with van der Waals surface area (Å²) in [7, 11) is 1.98. The van der Waals surface area contributed by atoms with Crippen molar-refractivity contribution in [1.82, 2.24) is 20.1 Å². The molecule has 2 rings (SSSR count). The van der Waals surface area contributed by atoms with Crippen LogP contribution in [0.25, 0.3) is 0 Å². The average molecular weight is 325 g/mol. The van der Waals surface area contributed by atoms with Crippen molar-refractivity contribution in [3.8, 4) is 0 Å². The van der Waals surface area contributed by atoms with Crippen molar-refractivity contribution in [3.63, 3.8) is 0 Å². The molecule has 0 radical (unpaired) electrons. The number of aryl methyl sites for hydroxylation is 1. The van der Waals surface area contributed by atoms with Gasteiger partial charge in [-0.15, -0.1) is 10.2 Å². The van der Waals surface area contributed by atoms with E-state index in [0.717, 1.165) is 34.0 Å². The summed E-state index contributed by atoms with van der Waals surface area (Å²) in [5.74, 6) is 1.53. The standard InChI is InChI=1S/C15H21ClN4S/c1-10(2)8-17-9-12-7-13(16)5-6-14(12)21-15-19-18-11(3)20(15)4/h5-7,10,17H,8-9H2,1-4H3. The Balaban J connectivity index is 2.16. The highest BCUT2D eigenvalue weighted by Crippen LogP contribution is 2.31. The van der Waals surface area contributed by atoms with Gasteiger partial charge in [0.1, 0.15) is 5.82 Å². The zero-order chi connectivity index (χ0) is 15.4. The lowest BCUT2D eigenvalue weighted by Crippen LogP contribution is -2.19. The third-order valence-electron chi connectivity index (χ3n) is 3.14. The van der Waals surface area contributed by atoms with Crippen LogP contribution in [0.5, 0.6) is 0 Å². The second-order valence-corrected chi connectivity index (χ2v) is 6.91. The largest absolute Gasteiger partial charge is 0.312 e. The van der Waals surface area contributed by atoms with Gasteiger partial charge < -0.3 is 9.88 Å². The summed E-state index contributed by atoms with van der Waals surface area (Å²) in [6.07, 6.45) is 0. The summed E-state index contributed by atoms with van der Waals surface area (Å²) in [4.78, 5) is 1.16. The molecule has 0 bridgehead atoms. The first-order valence-corrected chi connectivity index (χ1v) is 8.19. The van der Waals surface area contributed by atoms with Crippen molar-refractivity contribution in [1.29, 1.82) is 0 Å². The second-order valence-electron chi connectivity index (χ2n) is 5.47. The van der Waals surface area contributed by atoms with Gasteiger partial charge in [-0.3, -0.25) is 0 Å². The molecule has 4 nitrogen and oxygen atoms in total. The van der Waals surface area contributed by atoms with Gasteiger partial charge in [0, 0.05) is 23.5 Å². The number of nitrogens with zero attached hydrogens (tertiary/aromatic N) is 3. The lowest BCUT2D eigenvalue weighted by atomic mass is 10.2. The molecular weight excluding hydrogens is 304 g/mol. The Hall–Kier alpha value is -1.04. The molecule has 0 aliphatic carbocycles. The Bertz CT molecular complexity index is 610. The molecule has 0 fully saturated rings. The van der Waals surface area contributed by atoms with E-state index in [-0.39, 0.29) is 0 Å². The molecule has 0 saturated carbocycles. The summed E-state index contributed by atoms with van der Waals surface area (Å²) >= 11 is 7.75. The van der Waals surface area contributed by atoms with Gasteiger partial charge in [0.15, 0.2) is 5.16 Å². The van der Waals surface area contributed by atoms with Crippen LogP contribution in [0.4, 0.5) is 0 Å². The highest BCUT2D eigenvalue weighted by Gasteiger charge is 2.11. The number of halogens is 1. The number of hydrogen-bond donors (Lipinski definition) is 1. The van der Waals surface area contributed by atoms with E-state index in [0.29, 0.717) is 5.92 Å². The molecule has 1 aromatic heterocycles. The smallest absolute Gasteiger partial charge is 0.195 e. The molecule has 0 saturated heterocycles. The second kappa shape index (κ2) is 7.29. The average Bonchev–Trinajstić information content (AvgIpc) is 2.73. The van der Waals surface area contributed by atoms with Crippen LogP contribution < -0.4 is 5.32 Å². The maximum absolute atomic E-state index is 6.13. The van der Waals surface area contributed by atoms with Gasteiger partial charge in [-0.25, -0.2) is 0 Å². The first-order chi connectivity index (χ1) is 9.97. The van der Waals surface area contributed by atoms with Crippen LogP contribution in [-0.4, -0.2) is 21.3 Å². The summed E-state index contributed by atoms with van der Waals surface area (Å²) in [5.41, 5.74) is 1.19. The molecule has 2 aromatic rings. The fraction of sp³-hybridized carbons (Fsp3) is 0.467. The van der Waals surface area contributed by atoms with Crippen LogP contribution in [0.1, 0.15) is 25.2 Å². The number of hydrogen-bond acceptors (Lipinski definition) is 4. The van der Waals surface area contributed by atoms with Crippen LogP contribution in [0.15, 0.2) is 28.3 Å². The molecule has 1 heterocycles. The number of aromatic nitrogens is 3. The number of benzene rings is 1. The molecule has 114 valence electrons. The third kappa shape index (κ3) is 4.46. The first kappa shape index (κ1) is 16.3. The van der Waals surface area contributed by atoms with Crippen molar-refractivity contribution in [2.45, 2.75) is 37.4 Å². The van der Waals surface area contributed by atoms with Crippen LogP contribution in [-0.2, 0) is 13.6 Å². The molecule has 0 spiro atoms. The molecule has 0 aliphatic heterocycles. The monoisotopic (exact) mass is 324 g/mol. The van der Waals surface area contributed by atoms with Crippen LogP contribution in [0.3, 0.4) is 0 Å². The Morgan fingerprint density at radius 3 is 2.71 bits per heavy atom. The van der Waals surface area contributed by atoms with Gasteiger partial charge in [0.05, 0.1) is 0 Å². The normalized spacial score (nSPS) is 11.3. The fourth-order valence-electron chi connectivity index (χ4n) is 1.86. The minimum atomic E-state index is 0.627. The van der Waals surface area contributed by atoms with Crippen LogP contribution >= 0.6 is 23.4 Å². The minimum Gasteiger partial charge on any atom is -0.312 e. The Morgan fingerprint density at radius 2 is 2.10 bits per heavy atom. The fourth-order valence-corrected chi connectivity index (χ4v) is 3.00. The topological polar surface area (TPSA) is 42.7 Å². The Kier molecular flexibility index (Phi) is 5.67. The predicted octanol–water partition coefficient (Wildman–Crippen LogP) is 3.67. The van der Waals surface area contributed by atoms with Gasteiger partial charge in [0.25, 0.3) is 0 Å². The summed E-state index contributed by atoms with van der Waals surface area (Å²) in [6, 6.07) is 5.98. The molecular formula is C15H21ClN4S. The highest BCUT2D eigenvalue weighted by atomic mass is 35.5. The Labute approximate surface area is 135 Å². The van der Waals surface area contributed by atoms with Gasteiger partial charge in [0.2, 0.25) is 0 Å². The molecule has 0 atom stereocenters. The van der Waals surface area contributed by atoms with E-state index in [1.54, 1.807) is 11.8 Å².